The van der Waals surface area contributed by atoms with E-state index in [1.165, 1.54) is 27.2 Å². The van der Waals surface area contributed by atoms with Crippen LogP contribution in [0.3, 0.4) is 0 Å². The summed E-state index contributed by atoms with van der Waals surface area (Å²) in [5.41, 5.74) is 0.261. The van der Waals surface area contributed by atoms with Gasteiger partial charge in [0, 0.05) is 11.5 Å². The highest BCUT2D eigenvalue weighted by atomic mass is 32.2. The number of carbonyl (C=O) groups excluding carboxylic acids is 1. The summed E-state index contributed by atoms with van der Waals surface area (Å²) in [7, 11) is -0.976. The Morgan fingerprint density at radius 2 is 2.00 bits per heavy atom. The fourth-order valence-electron chi connectivity index (χ4n) is 1.86. The number of hydrogen-bond donors (Lipinski definition) is 0. The molecule has 0 atom stereocenters. The number of ether oxygens (including phenoxy) is 2. The number of hydrogen-bond acceptors (Lipinski definition) is 6. The molecular weight excluding hydrogens is 284 g/mol. The van der Waals surface area contributed by atoms with Crippen LogP contribution in [0.15, 0.2) is 27.5 Å². The van der Waals surface area contributed by atoms with Gasteiger partial charge < -0.3 is 13.9 Å². The van der Waals surface area contributed by atoms with Crippen molar-refractivity contribution in [2.75, 3.05) is 20.0 Å². The lowest BCUT2D eigenvalue weighted by molar-refractivity contribution is 0.0562. The second-order valence-corrected chi connectivity index (χ2v) is 6.23. The van der Waals surface area contributed by atoms with Gasteiger partial charge in [-0.2, -0.15) is 0 Å². The fraction of sp³-hybridized carbons (Fsp3) is 0.308. The lowest BCUT2D eigenvalue weighted by Gasteiger charge is -2.01. The van der Waals surface area contributed by atoms with Gasteiger partial charge in [0.05, 0.1) is 20.0 Å². The van der Waals surface area contributed by atoms with E-state index in [-0.39, 0.29) is 22.0 Å². The van der Waals surface area contributed by atoms with Crippen LogP contribution in [0.1, 0.15) is 17.5 Å². The maximum absolute atomic E-state index is 12.2. The van der Waals surface area contributed by atoms with Crippen LogP contribution in [0.25, 0.3) is 11.0 Å². The molecule has 0 unspecified atom stereocenters. The summed E-state index contributed by atoms with van der Waals surface area (Å²) in [6.07, 6.45) is 0. The number of benzene rings is 1. The van der Waals surface area contributed by atoms with E-state index in [2.05, 4.69) is 4.74 Å². The Morgan fingerprint density at radius 3 is 2.55 bits per heavy atom. The summed E-state index contributed by atoms with van der Waals surface area (Å²) in [5.74, 6) is -0.773. The number of fused-ring (bicyclic) bond motifs is 1. The molecule has 6 nitrogen and oxygen atoms in total. The highest BCUT2D eigenvalue weighted by molar-refractivity contribution is 7.91. The van der Waals surface area contributed by atoms with Crippen molar-refractivity contribution in [1.82, 2.24) is 0 Å². The topological polar surface area (TPSA) is 82.8 Å². The zero-order valence-electron chi connectivity index (χ0n) is 11.3. The molecule has 7 heteroatoms. The molecule has 108 valence electrons. The third-order valence-corrected chi connectivity index (χ3v) is 4.70. The molecule has 0 bridgehead atoms. The first-order valence-electron chi connectivity index (χ1n) is 5.86. The van der Waals surface area contributed by atoms with Crippen LogP contribution in [0.2, 0.25) is 0 Å². The zero-order valence-corrected chi connectivity index (χ0v) is 12.1. The summed E-state index contributed by atoms with van der Waals surface area (Å²) < 4.78 is 39.3. The quantitative estimate of drug-likeness (QED) is 0.803. The number of furan rings is 1. The number of methoxy groups -OCH3 is 2. The summed E-state index contributed by atoms with van der Waals surface area (Å²) in [4.78, 5) is 11.6. The van der Waals surface area contributed by atoms with Gasteiger partial charge in [0.15, 0.2) is 9.84 Å². The maximum Gasteiger partial charge on any atom is 0.375 e. The third-order valence-electron chi connectivity index (χ3n) is 2.91. The van der Waals surface area contributed by atoms with Crippen LogP contribution in [0.5, 0.6) is 5.75 Å². The maximum atomic E-state index is 12.2. The number of rotatable bonds is 4. The number of esters is 1. The standard InChI is InChI=1S/C13H14O6S/c1-4-20(15,16)12-9-6-5-8(17-2)7-10(9)19-11(12)13(14)18-3/h5-7H,4H2,1-3H3. The zero-order chi connectivity index (χ0) is 14.9. The SMILES string of the molecule is CCS(=O)(=O)c1c(C(=O)OC)oc2cc(OC)ccc12. The van der Waals surface area contributed by atoms with Crippen molar-refractivity contribution in [2.45, 2.75) is 11.8 Å². The van der Waals surface area contributed by atoms with Crippen molar-refractivity contribution in [3.63, 3.8) is 0 Å². The Hall–Kier alpha value is -2.02. The first-order chi connectivity index (χ1) is 9.44. The molecule has 1 heterocycles. The van der Waals surface area contributed by atoms with Crippen LogP contribution in [-0.4, -0.2) is 34.4 Å². The van der Waals surface area contributed by atoms with Gasteiger partial charge in [-0.3, -0.25) is 0 Å². The Kier molecular flexibility index (Phi) is 3.71. The number of sulfone groups is 1. The van der Waals surface area contributed by atoms with E-state index in [0.29, 0.717) is 11.1 Å². The number of carbonyl (C=O) groups is 1. The van der Waals surface area contributed by atoms with Gasteiger partial charge in [0.2, 0.25) is 5.76 Å². The molecule has 2 rings (SSSR count). The van der Waals surface area contributed by atoms with Crippen molar-refractivity contribution in [3.8, 4) is 5.75 Å². The minimum atomic E-state index is -3.62. The highest BCUT2D eigenvalue weighted by Gasteiger charge is 2.29. The van der Waals surface area contributed by atoms with Crippen molar-refractivity contribution < 1.29 is 27.1 Å². The second kappa shape index (κ2) is 5.16. The third kappa shape index (κ3) is 2.24. The molecule has 0 saturated heterocycles. The summed E-state index contributed by atoms with van der Waals surface area (Å²) in [5, 5.41) is 0.341. The molecule has 0 aliphatic rings. The second-order valence-electron chi connectivity index (χ2n) is 4.02. The first kappa shape index (κ1) is 14.4. The van der Waals surface area contributed by atoms with Crippen molar-refractivity contribution >= 4 is 26.8 Å². The first-order valence-corrected chi connectivity index (χ1v) is 7.51. The van der Waals surface area contributed by atoms with E-state index in [9.17, 15) is 13.2 Å². The Morgan fingerprint density at radius 1 is 1.30 bits per heavy atom. The molecule has 1 aromatic heterocycles. The van der Waals surface area contributed by atoms with Crippen molar-refractivity contribution in [1.29, 1.82) is 0 Å². The lowest BCUT2D eigenvalue weighted by atomic mass is 10.2. The molecule has 0 radical (unpaired) electrons. The van der Waals surface area contributed by atoms with Crippen LogP contribution in [0, 0.1) is 0 Å². The smallest absolute Gasteiger partial charge is 0.375 e. The van der Waals surface area contributed by atoms with Crippen LogP contribution in [0.4, 0.5) is 0 Å². The Labute approximate surface area is 116 Å². The molecular formula is C13H14O6S. The van der Waals surface area contributed by atoms with E-state index >= 15 is 0 Å². The monoisotopic (exact) mass is 298 g/mol. The summed E-state index contributed by atoms with van der Waals surface area (Å²) in [6, 6.07) is 4.68. The predicted octanol–water partition coefficient (Wildman–Crippen LogP) is 2.02. The molecule has 1 aromatic carbocycles. The van der Waals surface area contributed by atoms with E-state index in [1.54, 1.807) is 12.1 Å². The van der Waals surface area contributed by atoms with Gasteiger partial charge in [-0.15, -0.1) is 0 Å². The van der Waals surface area contributed by atoms with Crippen LogP contribution >= 0.6 is 0 Å². The normalized spacial score (nSPS) is 11.6. The van der Waals surface area contributed by atoms with Crippen molar-refractivity contribution in [2.24, 2.45) is 0 Å². The summed E-state index contributed by atoms with van der Waals surface area (Å²) >= 11 is 0. The van der Waals surface area contributed by atoms with Gasteiger partial charge >= 0.3 is 5.97 Å². The molecule has 20 heavy (non-hydrogen) atoms. The predicted molar refractivity (Wildman–Crippen MR) is 71.8 cm³/mol. The van der Waals surface area contributed by atoms with Gasteiger partial charge in [-0.1, -0.05) is 6.92 Å². The molecule has 0 fully saturated rings. The highest BCUT2D eigenvalue weighted by Crippen LogP contribution is 2.33. The van der Waals surface area contributed by atoms with Crippen LogP contribution in [-0.2, 0) is 14.6 Å². The molecule has 0 spiro atoms. The molecule has 0 amide bonds. The van der Waals surface area contributed by atoms with Gasteiger partial charge in [0.25, 0.3) is 0 Å². The lowest BCUT2D eigenvalue weighted by Crippen LogP contribution is -2.10. The Bertz CT molecular complexity index is 757. The van der Waals surface area contributed by atoms with E-state index < -0.39 is 15.8 Å². The largest absolute Gasteiger partial charge is 0.497 e. The molecule has 0 saturated carbocycles. The minimum absolute atomic E-state index is 0.135. The average Bonchev–Trinajstić information content (AvgIpc) is 2.85. The van der Waals surface area contributed by atoms with Crippen molar-refractivity contribution in [3.05, 3.63) is 24.0 Å². The van der Waals surface area contributed by atoms with Gasteiger partial charge in [-0.05, 0) is 12.1 Å². The van der Waals surface area contributed by atoms with Gasteiger partial charge in [0.1, 0.15) is 16.2 Å². The summed E-state index contributed by atoms with van der Waals surface area (Å²) in [6.45, 7) is 1.50. The van der Waals surface area contributed by atoms with E-state index in [1.807, 2.05) is 0 Å². The fourth-order valence-corrected chi connectivity index (χ4v) is 3.06. The minimum Gasteiger partial charge on any atom is -0.497 e. The molecule has 0 N–H and O–H groups in total. The van der Waals surface area contributed by atoms with E-state index in [0.717, 1.165) is 0 Å². The molecule has 0 aliphatic carbocycles. The molecule has 0 aliphatic heterocycles. The molecule has 2 aromatic rings. The van der Waals surface area contributed by atoms with Gasteiger partial charge in [-0.25, -0.2) is 13.2 Å². The van der Waals surface area contributed by atoms with Crippen LogP contribution < -0.4 is 4.74 Å². The Balaban J connectivity index is 2.84. The van der Waals surface area contributed by atoms with E-state index in [4.69, 9.17) is 9.15 Å². The average molecular weight is 298 g/mol.